The molecule has 1 aromatic carbocycles. The van der Waals surface area contributed by atoms with Gasteiger partial charge in [-0.15, -0.1) is 0 Å². The lowest BCUT2D eigenvalue weighted by atomic mass is 10.0. The zero-order chi connectivity index (χ0) is 11.9. The molecule has 0 aliphatic carbocycles. The summed E-state index contributed by atoms with van der Waals surface area (Å²) in [6.45, 7) is 3.76. The summed E-state index contributed by atoms with van der Waals surface area (Å²) in [7, 11) is 0. The minimum absolute atomic E-state index is 0.0792. The molecule has 0 aliphatic heterocycles. The largest absolute Gasteiger partial charge is 0.477 e. The van der Waals surface area contributed by atoms with E-state index < -0.39 is 5.97 Å². The van der Waals surface area contributed by atoms with Crippen LogP contribution >= 0.6 is 0 Å². The Balaban J connectivity index is 2.93. The van der Waals surface area contributed by atoms with E-state index in [4.69, 9.17) is 5.11 Å². The second-order valence-corrected chi connectivity index (χ2v) is 3.86. The number of carboxylic acids is 1. The summed E-state index contributed by atoms with van der Waals surface area (Å²) in [5.41, 5.74) is 1.45. The van der Waals surface area contributed by atoms with Crippen LogP contribution in [0.5, 0.6) is 0 Å². The summed E-state index contributed by atoms with van der Waals surface area (Å²) in [6, 6.07) is 5.17. The zero-order valence-electron chi connectivity index (χ0n) is 9.00. The molecule has 1 heterocycles. The Bertz CT molecular complexity index is 640. The van der Waals surface area contributed by atoms with E-state index in [-0.39, 0.29) is 11.3 Å². The lowest BCUT2D eigenvalue weighted by Crippen LogP contribution is -2.13. The van der Waals surface area contributed by atoms with Crippen LogP contribution in [-0.4, -0.2) is 16.1 Å². The Hall–Kier alpha value is -2.10. The number of aromatic nitrogens is 1. The third-order valence-electron chi connectivity index (χ3n) is 2.54. The number of fused-ring (bicyclic) bond motifs is 1. The fourth-order valence-corrected chi connectivity index (χ4v) is 1.84. The Labute approximate surface area is 91.5 Å². The van der Waals surface area contributed by atoms with Crippen LogP contribution in [0.1, 0.15) is 21.6 Å². The van der Waals surface area contributed by atoms with Crippen LogP contribution in [0.4, 0.5) is 0 Å². The van der Waals surface area contributed by atoms with Gasteiger partial charge in [-0.3, -0.25) is 4.79 Å². The van der Waals surface area contributed by atoms with Crippen molar-refractivity contribution in [2.75, 3.05) is 0 Å². The van der Waals surface area contributed by atoms with Crippen molar-refractivity contribution in [1.29, 1.82) is 0 Å². The SMILES string of the molecule is Cc1cc(C)c2cc(C(=O)O)[nH]c(=O)c2c1. The van der Waals surface area contributed by atoms with Gasteiger partial charge in [-0.25, -0.2) is 4.79 Å². The molecular formula is C12H11NO3. The third-order valence-corrected chi connectivity index (χ3v) is 2.54. The number of aryl methyl sites for hydroxylation is 2. The highest BCUT2D eigenvalue weighted by atomic mass is 16.4. The number of aromatic amines is 1. The van der Waals surface area contributed by atoms with E-state index in [2.05, 4.69) is 4.98 Å². The summed E-state index contributed by atoms with van der Waals surface area (Å²) < 4.78 is 0. The van der Waals surface area contributed by atoms with Crippen molar-refractivity contribution in [1.82, 2.24) is 4.98 Å². The first-order valence-electron chi connectivity index (χ1n) is 4.86. The fraction of sp³-hybridized carbons (Fsp3) is 0.167. The van der Waals surface area contributed by atoms with Gasteiger partial charge in [0, 0.05) is 5.39 Å². The molecule has 0 atom stereocenters. The lowest BCUT2D eigenvalue weighted by Gasteiger charge is -2.04. The predicted molar refractivity (Wildman–Crippen MR) is 61.0 cm³/mol. The zero-order valence-corrected chi connectivity index (χ0v) is 9.00. The van der Waals surface area contributed by atoms with Crippen molar-refractivity contribution in [2.45, 2.75) is 13.8 Å². The highest BCUT2D eigenvalue weighted by Gasteiger charge is 2.09. The maximum absolute atomic E-state index is 11.7. The number of benzene rings is 1. The maximum atomic E-state index is 11.7. The summed E-state index contributed by atoms with van der Waals surface area (Å²) in [4.78, 5) is 24.8. The average molecular weight is 217 g/mol. The van der Waals surface area contributed by atoms with Gasteiger partial charge in [0.15, 0.2) is 0 Å². The van der Waals surface area contributed by atoms with E-state index in [9.17, 15) is 9.59 Å². The number of pyridine rings is 1. The highest BCUT2D eigenvalue weighted by molar-refractivity contribution is 5.93. The number of hydrogen-bond donors (Lipinski definition) is 2. The molecule has 2 N–H and O–H groups in total. The molecular weight excluding hydrogens is 206 g/mol. The minimum atomic E-state index is -1.13. The first kappa shape index (κ1) is 10.4. The monoisotopic (exact) mass is 217 g/mol. The van der Waals surface area contributed by atoms with E-state index in [0.717, 1.165) is 11.1 Å². The van der Waals surface area contributed by atoms with Crippen LogP contribution in [-0.2, 0) is 0 Å². The molecule has 2 aromatic rings. The van der Waals surface area contributed by atoms with Crippen LogP contribution in [0.15, 0.2) is 23.0 Å². The van der Waals surface area contributed by atoms with Gasteiger partial charge < -0.3 is 10.1 Å². The molecule has 0 amide bonds. The van der Waals surface area contributed by atoms with Gasteiger partial charge in [0.25, 0.3) is 5.56 Å². The van der Waals surface area contributed by atoms with Crippen LogP contribution in [0, 0.1) is 13.8 Å². The molecule has 0 aliphatic rings. The number of rotatable bonds is 1. The van der Waals surface area contributed by atoms with Gasteiger partial charge in [0.2, 0.25) is 0 Å². The van der Waals surface area contributed by atoms with Crippen LogP contribution in [0.2, 0.25) is 0 Å². The molecule has 16 heavy (non-hydrogen) atoms. The first-order chi connectivity index (χ1) is 7.49. The number of hydrogen-bond acceptors (Lipinski definition) is 2. The van der Waals surface area contributed by atoms with Crippen molar-refractivity contribution in [3.63, 3.8) is 0 Å². The lowest BCUT2D eigenvalue weighted by molar-refractivity contribution is 0.0690. The number of aromatic carboxylic acids is 1. The second kappa shape index (κ2) is 3.48. The molecule has 4 nitrogen and oxygen atoms in total. The summed E-state index contributed by atoms with van der Waals surface area (Å²) in [6.07, 6.45) is 0. The van der Waals surface area contributed by atoms with E-state index in [0.29, 0.717) is 10.8 Å². The van der Waals surface area contributed by atoms with Crippen LogP contribution in [0.25, 0.3) is 10.8 Å². The molecule has 82 valence electrons. The Kier molecular flexibility index (Phi) is 2.27. The average Bonchev–Trinajstić information content (AvgIpc) is 2.19. The summed E-state index contributed by atoms with van der Waals surface area (Å²) >= 11 is 0. The number of nitrogens with one attached hydrogen (secondary N) is 1. The van der Waals surface area contributed by atoms with Crippen molar-refractivity contribution in [3.8, 4) is 0 Å². The maximum Gasteiger partial charge on any atom is 0.352 e. The molecule has 0 unspecified atom stereocenters. The summed E-state index contributed by atoms with van der Waals surface area (Å²) in [5.74, 6) is -1.13. The molecule has 4 heteroatoms. The molecule has 0 spiro atoms. The molecule has 0 radical (unpaired) electrons. The van der Waals surface area contributed by atoms with E-state index >= 15 is 0 Å². The van der Waals surface area contributed by atoms with Gasteiger partial charge in [-0.05, 0) is 36.9 Å². The van der Waals surface area contributed by atoms with Crippen LogP contribution < -0.4 is 5.56 Å². The van der Waals surface area contributed by atoms with E-state index in [1.807, 2.05) is 19.9 Å². The number of carboxylic acid groups (broad SMARTS) is 1. The van der Waals surface area contributed by atoms with E-state index in [1.165, 1.54) is 6.07 Å². The van der Waals surface area contributed by atoms with Gasteiger partial charge in [-0.1, -0.05) is 11.6 Å². The van der Waals surface area contributed by atoms with Crippen molar-refractivity contribution < 1.29 is 9.90 Å². The van der Waals surface area contributed by atoms with E-state index in [1.54, 1.807) is 6.07 Å². The molecule has 0 saturated heterocycles. The molecule has 0 fully saturated rings. The Morgan fingerprint density at radius 3 is 2.50 bits per heavy atom. The molecule has 2 rings (SSSR count). The Morgan fingerprint density at radius 2 is 1.88 bits per heavy atom. The number of carbonyl (C=O) groups is 1. The predicted octanol–water partition coefficient (Wildman–Crippen LogP) is 1.84. The highest BCUT2D eigenvalue weighted by Crippen LogP contribution is 2.17. The van der Waals surface area contributed by atoms with Gasteiger partial charge in [0.1, 0.15) is 5.69 Å². The summed E-state index contributed by atoms with van der Waals surface area (Å²) in [5, 5.41) is 10.1. The quantitative estimate of drug-likeness (QED) is 0.765. The number of H-pyrrole nitrogens is 1. The van der Waals surface area contributed by atoms with Crippen molar-refractivity contribution in [3.05, 3.63) is 45.4 Å². The fourth-order valence-electron chi connectivity index (χ4n) is 1.84. The first-order valence-corrected chi connectivity index (χ1v) is 4.86. The van der Waals surface area contributed by atoms with Gasteiger partial charge >= 0.3 is 5.97 Å². The second-order valence-electron chi connectivity index (χ2n) is 3.86. The molecule has 0 bridgehead atoms. The smallest absolute Gasteiger partial charge is 0.352 e. The van der Waals surface area contributed by atoms with Crippen LogP contribution in [0.3, 0.4) is 0 Å². The molecule has 1 aromatic heterocycles. The van der Waals surface area contributed by atoms with Gasteiger partial charge in [-0.2, -0.15) is 0 Å². The topological polar surface area (TPSA) is 70.2 Å². The standard InChI is InChI=1S/C12H11NO3/c1-6-3-7(2)8-5-10(12(15)16)13-11(14)9(8)4-6/h3-5H,1-2H3,(H,13,14)(H,15,16). The minimum Gasteiger partial charge on any atom is -0.477 e. The molecule has 0 saturated carbocycles. The van der Waals surface area contributed by atoms with Gasteiger partial charge in [0.05, 0.1) is 0 Å². The third kappa shape index (κ3) is 1.58. The Morgan fingerprint density at radius 1 is 1.19 bits per heavy atom. The van der Waals surface area contributed by atoms with Crippen molar-refractivity contribution in [2.24, 2.45) is 0 Å². The van der Waals surface area contributed by atoms with Crippen molar-refractivity contribution >= 4 is 16.7 Å². The normalized spacial score (nSPS) is 10.6.